The lowest BCUT2D eigenvalue weighted by Crippen LogP contribution is -2.38. The first-order valence-corrected chi connectivity index (χ1v) is 7.30. The van der Waals surface area contributed by atoms with Crippen molar-refractivity contribution in [2.24, 2.45) is 11.8 Å². The Balaban J connectivity index is 1.53. The average Bonchev–Trinajstić information content (AvgIpc) is 2.83. The molecule has 0 aromatic carbocycles. The Hall–Kier alpha value is -1.98. The minimum absolute atomic E-state index is 0.223. The van der Waals surface area contributed by atoms with Gasteiger partial charge in [-0.25, -0.2) is 9.78 Å². The average molecular weight is 290 g/mol. The van der Waals surface area contributed by atoms with Gasteiger partial charge >= 0.3 is 6.09 Å². The molecule has 1 aromatic heterocycles. The van der Waals surface area contributed by atoms with Gasteiger partial charge in [0.15, 0.2) is 5.82 Å². The fourth-order valence-electron chi connectivity index (χ4n) is 3.03. The normalized spacial score (nSPS) is 27.2. The Morgan fingerprint density at radius 1 is 1.43 bits per heavy atom. The molecule has 1 saturated heterocycles. The van der Waals surface area contributed by atoms with Crippen LogP contribution in [0.4, 0.5) is 16.3 Å². The van der Waals surface area contributed by atoms with E-state index in [1.165, 1.54) is 0 Å². The van der Waals surface area contributed by atoms with Crippen LogP contribution in [0, 0.1) is 11.8 Å². The van der Waals surface area contributed by atoms with E-state index in [4.69, 9.17) is 10.5 Å². The highest BCUT2D eigenvalue weighted by molar-refractivity contribution is 5.69. The summed E-state index contributed by atoms with van der Waals surface area (Å²) in [5.41, 5.74) is 6.20. The molecule has 0 bridgehead atoms. The maximum absolute atomic E-state index is 11.8. The topological polar surface area (TPSA) is 80.5 Å². The van der Waals surface area contributed by atoms with Crippen molar-refractivity contribution in [1.82, 2.24) is 10.3 Å². The molecule has 3 rings (SSSR count). The van der Waals surface area contributed by atoms with Crippen LogP contribution in [0.15, 0.2) is 18.3 Å². The first-order valence-electron chi connectivity index (χ1n) is 7.30. The van der Waals surface area contributed by atoms with Crippen molar-refractivity contribution in [2.45, 2.75) is 32.4 Å². The molecule has 6 nitrogen and oxygen atoms in total. The number of hydrogen-bond acceptors (Lipinski definition) is 5. The summed E-state index contributed by atoms with van der Waals surface area (Å²) in [6.07, 6.45) is 1.43. The van der Waals surface area contributed by atoms with Crippen molar-refractivity contribution >= 4 is 17.6 Å². The second kappa shape index (κ2) is 4.79. The molecule has 1 amide bonds. The quantitative estimate of drug-likeness (QED) is 0.865. The Bertz CT molecular complexity index is 543. The van der Waals surface area contributed by atoms with Gasteiger partial charge in [-0.05, 0) is 32.9 Å². The van der Waals surface area contributed by atoms with Gasteiger partial charge in [-0.2, -0.15) is 0 Å². The third-order valence-corrected chi connectivity index (χ3v) is 3.99. The van der Waals surface area contributed by atoms with Crippen LogP contribution in [0.3, 0.4) is 0 Å². The van der Waals surface area contributed by atoms with Crippen LogP contribution in [-0.4, -0.2) is 35.8 Å². The zero-order valence-corrected chi connectivity index (χ0v) is 12.7. The number of pyridine rings is 1. The van der Waals surface area contributed by atoms with Gasteiger partial charge in [-0.15, -0.1) is 0 Å². The molecule has 6 heteroatoms. The minimum atomic E-state index is -0.456. The molecule has 0 spiro atoms. The highest BCUT2D eigenvalue weighted by Gasteiger charge is 2.57. The zero-order valence-electron chi connectivity index (χ0n) is 12.7. The number of hydrogen-bond donors (Lipinski definition) is 2. The standard InChI is InChI=1S/C15H22N4O2/c1-15(2,3)21-14(20)18-12-9-7-19(8-10(9)12)13-11(16)5-4-6-17-13/h4-6,9-10,12H,7-8,16H2,1-3H3,(H,18,20). The minimum Gasteiger partial charge on any atom is -0.444 e. The van der Waals surface area contributed by atoms with Gasteiger partial charge in [-0.1, -0.05) is 0 Å². The molecule has 114 valence electrons. The molecule has 1 aliphatic heterocycles. The van der Waals surface area contributed by atoms with E-state index in [2.05, 4.69) is 15.2 Å². The number of ether oxygens (including phenoxy) is 1. The molecule has 2 aliphatic rings. The molecule has 3 N–H and O–H groups in total. The molecular formula is C15H22N4O2. The Labute approximate surface area is 124 Å². The van der Waals surface area contributed by atoms with Gasteiger partial charge in [0.05, 0.1) is 5.69 Å². The Kier molecular flexibility index (Phi) is 3.19. The zero-order chi connectivity index (χ0) is 15.2. The van der Waals surface area contributed by atoms with E-state index in [1.807, 2.05) is 32.9 Å². The number of nitrogen functional groups attached to an aromatic ring is 1. The number of nitrogens with one attached hydrogen (secondary N) is 1. The summed E-state index contributed by atoms with van der Waals surface area (Å²) in [6, 6.07) is 3.92. The predicted molar refractivity (Wildman–Crippen MR) is 81.0 cm³/mol. The molecule has 2 atom stereocenters. The molecule has 2 unspecified atom stereocenters. The highest BCUT2D eigenvalue weighted by atomic mass is 16.6. The van der Waals surface area contributed by atoms with E-state index in [1.54, 1.807) is 6.20 Å². The highest BCUT2D eigenvalue weighted by Crippen LogP contribution is 2.47. The summed E-state index contributed by atoms with van der Waals surface area (Å²) in [7, 11) is 0. The Morgan fingerprint density at radius 2 is 2.10 bits per heavy atom. The van der Waals surface area contributed by atoms with Gasteiger partial charge in [-0.3, -0.25) is 0 Å². The lowest BCUT2D eigenvalue weighted by molar-refractivity contribution is 0.0518. The number of aromatic nitrogens is 1. The fourth-order valence-corrected chi connectivity index (χ4v) is 3.03. The van der Waals surface area contributed by atoms with E-state index in [-0.39, 0.29) is 12.1 Å². The maximum atomic E-state index is 11.8. The van der Waals surface area contributed by atoms with Crippen LogP contribution in [0.2, 0.25) is 0 Å². The smallest absolute Gasteiger partial charge is 0.407 e. The van der Waals surface area contributed by atoms with Crippen LogP contribution in [0.25, 0.3) is 0 Å². The molecule has 1 aliphatic carbocycles. The number of carbonyl (C=O) groups excluding carboxylic acids is 1. The summed E-state index contributed by atoms with van der Waals surface area (Å²) >= 11 is 0. The number of nitrogens with zero attached hydrogens (tertiary/aromatic N) is 2. The van der Waals surface area contributed by atoms with Gasteiger partial charge in [0.1, 0.15) is 5.60 Å². The molecule has 2 heterocycles. The van der Waals surface area contributed by atoms with Crippen molar-refractivity contribution in [2.75, 3.05) is 23.7 Å². The van der Waals surface area contributed by atoms with Gasteiger partial charge in [0.2, 0.25) is 0 Å². The van der Waals surface area contributed by atoms with Gasteiger partial charge in [0.25, 0.3) is 0 Å². The number of alkyl carbamates (subject to hydrolysis) is 1. The van der Waals surface area contributed by atoms with Crippen molar-refractivity contribution in [3.63, 3.8) is 0 Å². The van der Waals surface area contributed by atoms with Crippen molar-refractivity contribution in [3.05, 3.63) is 18.3 Å². The molecule has 2 fully saturated rings. The first-order chi connectivity index (χ1) is 9.85. The van der Waals surface area contributed by atoms with E-state index >= 15 is 0 Å². The fraction of sp³-hybridized carbons (Fsp3) is 0.600. The molecule has 1 aromatic rings. The van der Waals surface area contributed by atoms with Crippen LogP contribution in [-0.2, 0) is 4.74 Å². The van der Waals surface area contributed by atoms with Crippen LogP contribution in [0.5, 0.6) is 0 Å². The summed E-state index contributed by atoms with van der Waals surface area (Å²) < 4.78 is 5.29. The van der Waals surface area contributed by atoms with Crippen molar-refractivity contribution in [1.29, 1.82) is 0 Å². The predicted octanol–water partition coefficient (Wildman–Crippen LogP) is 1.62. The molecule has 0 radical (unpaired) electrons. The first kappa shape index (κ1) is 14.0. The summed E-state index contributed by atoms with van der Waals surface area (Å²) in [4.78, 5) is 18.3. The van der Waals surface area contributed by atoms with E-state index in [9.17, 15) is 4.79 Å². The van der Waals surface area contributed by atoms with E-state index < -0.39 is 5.60 Å². The third-order valence-electron chi connectivity index (χ3n) is 3.99. The monoisotopic (exact) mass is 290 g/mol. The van der Waals surface area contributed by atoms with E-state index in [0.29, 0.717) is 17.5 Å². The number of rotatable bonds is 2. The molecule has 1 saturated carbocycles. The number of nitrogens with two attached hydrogens (primary N) is 1. The largest absolute Gasteiger partial charge is 0.444 e. The van der Waals surface area contributed by atoms with Crippen molar-refractivity contribution < 1.29 is 9.53 Å². The third kappa shape index (κ3) is 2.89. The summed E-state index contributed by atoms with van der Waals surface area (Å²) in [5, 5.41) is 2.96. The lowest BCUT2D eigenvalue weighted by atomic mass is 10.2. The number of carbonyl (C=O) groups is 1. The second-order valence-corrected chi connectivity index (χ2v) is 6.82. The number of anilines is 2. The van der Waals surface area contributed by atoms with E-state index in [0.717, 1.165) is 18.9 Å². The van der Waals surface area contributed by atoms with Crippen molar-refractivity contribution in [3.8, 4) is 0 Å². The molecular weight excluding hydrogens is 268 g/mol. The number of amides is 1. The summed E-state index contributed by atoms with van der Waals surface area (Å²) in [5.74, 6) is 1.79. The van der Waals surface area contributed by atoms with Crippen LogP contribution >= 0.6 is 0 Å². The number of piperidine rings is 1. The van der Waals surface area contributed by atoms with Gasteiger partial charge in [0, 0.05) is 37.2 Å². The van der Waals surface area contributed by atoms with Gasteiger partial charge < -0.3 is 20.7 Å². The molecule has 21 heavy (non-hydrogen) atoms. The summed E-state index contributed by atoms with van der Waals surface area (Å²) in [6.45, 7) is 7.36. The maximum Gasteiger partial charge on any atom is 0.407 e. The lowest BCUT2D eigenvalue weighted by Gasteiger charge is -2.23. The SMILES string of the molecule is CC(C)(C)OC(=O)NC1C2CN(c3ncccc3N)CC21. The van der Waals surface area contributed by atoms with Crippen LogP contribution < -0.4 is 16.0 Å². The van der Waals surface area contributed by atoms with Crippen LogP contribution in [0.1, 0.15) is 20.8 Å². The number of fused-ring (bicyclic) bond motifs is 1. The second-order valence-electron chi connectivity index (χ2n) is 6.82. The Morgan fingerprint density at radius 3 is 2.67 bits per heavy atom.